The molecule has 0 radical (unpaired) electrons. The normalized spacial score (nSPS) is 13.0. The van der Waals surface area contributed by atoms with Crippen molar-refractivity contribution in [3.8, 4) is 0 Å². The van der Waals surface area contributed by atoms with E-state index in [4.69, 9.17) is 16.2 Å². The summed E-state index contributed by atoms with van der Waals surface area (Å²) in [5, 5.41) is 3.82. The third-order valence-electron chi connectivity index (χ3n) is 5.22. The molecule has 0 unspecified atom stereocenters. The minimum absolute atomic E-state index is 0.157. The Morgan fingerprint density at radius 2 is 1.77 bits per heavy atom. The molecular weight excluding hydrogens is 392 g/mol. The number of unbranched alkanes of at least 4 members (excludes halogenated alkanes) is 1. The third kappa shape index (κ3) is 6.41. The first-order valence-electron chi connectivity index (χ1n) is 10.6. The van der Waals surface area contributed by atoms with Crippen molar-refractivity contribution < 1.29 is 14.3 Å². The zero-order valence-corrected chi connectivity index (χ0v) is 17.6. The molecule has 1 amide bonds. The van der Waals surface area contributed by atoms with Crippen LogP contribution in [0.4, 0.5) is 0 Å². The van der Waals surface area contributed by atoms with Crippen molar-refractivity contribution in [2.45, 2.75) is 44.4 Å². The van der Waals surface area contributed by atoms with Gasteiger partial charge in [-0.25, -0.2) is 4.79 Å². The molecule has 0 aliphatic carbocycles. The summed E-state index contributed by atoms with van der Waals surface area (Å²) >= 11 is 0. The SMILES string of the molecule is NCCCC[C@H](NC(=O)[C@@H](N)Cc1c[nH]c2ccccc12)C(=O)OCc1ccccc1. The maximum atomic E-state index is 12.7. The average Bonchev–Trinajstić information content (AvgIpc) is 3.20. The van der Waals surface area contributed by atoms with Crippen LogP contribution in [-0.4, -0.2) is 35.5 Å². The minimum atomic E-state index is -0.780. The van der Waals surface area contributed by atoms with Gasteiger partial charge in [-0.3, -0.25) is 4.79 Å². The van der Waals surface area contributed by atoms with Crippen LogP contribution in [0.25, 0.3) is 10.9 Å². The van der Waals surface area contributed by atoms with E-state index in [1.807, 2.05) is 60.8 Å². The number of aromatic nitrogens is 1. The Morgan fingerprint density at radius 3 is 2.55 bits per heavy atom. The van der Waals surface area contributed by atoms with Gasteiger partial charge in [0.1, 0.15) is 12.6 Å². The maximum Gasteiger partial charge on any atom is 0.328 e. The topological polar surface area (TPSA) is 123 Å². The smallest absolute Gasteiger partial charge is 0.328 e. The van der Waals surface area contributed by atoms with E-state index < -0.39 is 18.1 Å². The predicted molar refractivity (Wildman–Crippen MR) is 121 cm³/mol. The second kappa shape index (κ2) is 11.3. The monoisotopic (exact) mass is 422 g/mol. The van der Waals surface area contributed by atoms with Gasteiger partial charge in [0.25, 0.3) is 0 Å². The molecular formula is C24H30N4O3. The molecule has 0 saturated heterocycles. The molecule has 164 valence electrons. The number of H-pyrrole nitrogens is 1. The van der Waals surface area contributed by atoms with Crippen molar-refractivity contribution in [2.75, 3.05) is 6.54 Å². The van der Waals surface area contributed by atoms with E-state index >= 15 is 0 Å². The molecule has 0 aliphatic rings. The van der Waals surface area contributed by atoms with Gasteiger partial charge < -0.3 is 26.5 Å². The maximum absolute atomic E-state index is 12.7. The Hall–Kier alpha value is -3.16. The minimum Gasteiger partial charge on any atom is -0.459 e. The second-order valence-corrected chi connectivity index (χ2v) is 7.61. The molecule has 7 heteroatoms. The lowest BCUT2D eigenvalue weighted by Gasteiger charge is -2.20. The van der Waals surface area contributed by atoms with Crippen LogP contribution < -0.4 is 16.8 Å². The standard InChI is InChI=1S/C24H30N4O3/c25-13-7-6-12-22(24(30)31-16-17-8-2-1-3-9-17)28-23(29)20(26)14-18-15-27-21-11-5-4-10-19(18)21/h1-5,8-11,15,20,22,27H,6-7,12-14,16,25-26H2,(H,28,29)/t20-,22-/m0/s1. The van der Waals surface area contributed by atoms with Crippen molar-refractivity contribution in [3.63, 3.8) is 0 Å². The lowest BCUT2D eigenvalue weighted by atomic mass is 10.0. The summed E-state index contributed by atoms with van der Waals surface area (Å²) in [5.74, 6) is -0.840. The van der Waals surface area contributed by atoms with E-state index in [0.29, 0.717) is 25.8 Å². The summed E-state index contributed by atoms with van der Waals surface area (Å²) in [6.45, 7) is 0.685. The van der Waals surface area contributed by atoms with E-state index in [1.54, 1.807) is 0 Å². The molecule has 7 nitrogen and oxygen atoms in total. The van der Waals surface area contributed by atoms with Crippen molar-refractivity contribution in [3.05, 3.63) is 71.9 Å². The molecule has 0 fully saturated rings. The molecule has 2 atom stereocenters. The molecule has 3 aromatic rings. The highest BCUT2D eigenvalue weighted by atomic mass is 16.5. The quantitative estimate of drug-likeness (QED) is 0.279. The van der Waals surface area contributed by atoms with Crippen LogP contribution in [0.1, 0.15) is 30.4 Å². The Bertz CT molecular complexity index is 987. The van der Waals surface area contributed by atoms with E-state index in [9.17, 15) is 9.59 Å². The predicted octanol–water partition coefficient (Wildman–Crippen LogP) is 2.39. The number of amides is 1. The number of hydrogen-bond donors (Lipinski definition) is 4. The highest BCUT2D eigenvalue weighted by molar-refractivity contribution is 5.89. The first-order chi connectivity index (χ1) is 15.1. The van der Waals surface area contributed by atoms with Gasteiger partial charge in [-0.05, 0) is 49.4 Å². The number of nitrogens with one attached hydrogen (secondary N) is 2. The molecule has 2 aromatic carbocycles. The summed E-state index contributed by atoms with van der Waals surface area (Å²) in [6.07, 6.45) is 4.16. The molecule has 31 heavy (non-hydrogen) atoms. The van der Waals surface area contributed by atoms with Gasteiger partial charge in [0.15, 0.2) is 0 Å². The summed E-state index contributed by atoms with van der Waals surface area (Å²) in [4.78, 5) is 28.6. The Morgan fingerprint density at radius 1 is 1.03 bits per heavy atom. The van der Waals surface area contributed by atoms with Crippen LogP contribution in [0, 0.1) is 0 Å². The van der Waals surface area contributed by atoms with Crippen LogP contribution in [-0.2, 0) is 27.4 Å². The average molecular weight is 423 g/mol. The Kier molecular flexibility index (Phi) is 8.20. The van der Waals surface area contributed by atoms with E-state index in [0.717, 1.165) is 28.5 Å². The molecule has 1 heterocycles. The number of fused-ring (bicyclic) bond motifs is 1. The summed E-state index contributed by atoms with van der Waals surface area (Å²) in [7, 11) is 0. The number of carbonyl (C=O) groups is 2. The number of benzene rings is 2. The molecule has 1 aromatic heterocycles. The van der Waals surface area contributed by atoms with Crippen LogP contribution in [0.2, 0.25) is 0 Å². The Balaban J connectivity index is 1.60. The third-order valence-corrected chi connectivity index (χ3v) is 5.22. The summed E-state index contributed by atoms with van der Waals surface area (Å²) < 4.78 is 5.43. The van der Waals surface area contributed by atoms with E-state index in [2.05, 4.69) is 10.3 Å². The number of hydrogen-bond acceptors (Lipinski definition) is 5. The van der Waals surface area contributed by atoms with Crippen LogP contribution in [0.5, 0.6) is 0 Å². The number of aromatic amines is 1. The lowest BCUT2D eigenvalue weighted by Crippen LogP contribution is -2.49. The van der Waals surface area contributed by atoms with Crippen molar-refractivity contribution in [1.29, 1.82) is 0 Å². The second-order valence-electron chi connectivity index (χ2n) is 7.61. The molecule has 3 rings (SSSR count). The number of ether oxygens (including phenoxy) is 1. The van der Waals surface area contributed by atoms with Crippen LogP contribution in [0.3, 0.4) is 0 Å². The van der Waals surface area contributed by atoms with Crippen molar-refractivity contribution in [2.24, 2.45) is 11.5 Å². The number of para-hydroxylation sites is 1. The largest absolute Gasteiger partial charge is 0.459 e. The van der Waals surface area contributed by atoms with Crippen LogP contribution in [0.15, 0.2) is 60.8 Å². The molecule has 0 aliphatic heterocycles. The zero-order chi connectivity index (χ0) is 22.1. The van der Waals surface area contributed by atoms with E-state index in [-0.39, 0.29) is 12.5 Å². The first kappa shape index (κ1) is 22.5. The zero-order valence-electron chi connectivity index (χ0n) is 17.6. The molecule has 0 spiro atoms. The van der Waals surface area contributed by atoms with Gasteiger partial charge in [-0.1, -0.05) is 48.5 Å². The van der Waals surface area contributed by atoms with Gasteiger partial charge in [0.2, 0.25) is 5.91 Å². The number of esters is 1. The molecule has 6 N–H and O–H groups in total. The van der Waals surface area contributed by atoms with Gasteiger partial charge >= 0.3 is 5.97 Å². The Labute approximate surface area is 182 Å². The summed E-state index contributed by atoms with van der Waals surface area (Å²) in [6, 6.07) is 15.7. The van der Waals surface area contributed by atoms with Gasteiger partial charge in [-0.2, -0.15) is 0 Å². The van der Waals surface area contributed by atoms with E-state index in [1.165, 1.54) is 0 Å². The van der Waals surface area contributed by atoms with Crippen LogP contribution >= 0.6 is 0 Å². The van der Waals surface area contributed by atoms with Gasteiger partial charge in [0.05, 0.1) is 6.04 Å². The first-order valence-corrected chi connectivity index (χ1v) is 10.6. The van der Waals surface area contributed by atoms with Gasteiger partial charge in [-0.15, -0.1) is 0 Å². The fourth-order valence-electron chi connectivity index (χ4n) is 3.48. The summed E-state index contributed by atoms with van der Waals surface area (Å²) in [5.41, 5.74) is 14.6. The molecule has 0 saturated carbocycles. The fourth-order valence-corrected chi connectivity index (χ4v) is 3.48. The number of carbonyl (C=O) groups excluding carboxylic acids is 2. The number of nitrogens with two attached hydrogens (primary N) is 2. The van der Waals surface area contributed by atoms with Crippen molar-refractivity contribution in [1.82, 2.24) is 10.3 Å². The highest BCUT2D eigenvalue weighted by Gasteiger charge is 2.25. The van der Waals surface area contributed by atoms with Gasteiger partial charge in [0, 0.05) is 17.1 Å². The fraction of sp³-hybridized carbons (Fsp3) is 0.333. The number of rotatable bonds is 11. The highest BCUT2D eigenvalue weighted by Crippen LogP contribution is 2.19. The van der Waals surface area contributed by atoms with Crippen molar-refractivity contribution >= 4 is 22.8 Å². The lowest BCUT2D eigenvalue weighted by molar-refractivity contribution is -0.149. The molecule has 0 bridgehead atoms.